The average molecular weight is 150 g/mol. The molecule has 1 unspecified atom stereocenters. The summed E-state index contributed by atoms with van der Waals surface area (Å²) in [6, 6.07) is 0. The standard InChI is InChI=1S/C7H15FO2/c1-10-5-3-2-4-7(8)6-9/h7,9H,2-6H2,1H3. The number of unbranched alkanes of at least 4 members (excludes halogenated alkanes) is 1. The van der Waals surface area contributed by atoms with Gasteiger partial charge in [-0.2, -0.15) is 0 Å². The highest BCUT2D eigenvalue weighted by molar-refractivity contribution is 4.52. The summed E-state index contributed by atoms with van der Waals surface area (Å²) in [5.74, 6) is 0. The quantitative estimate of drug-likeness (QED) is 0.575. The van der Waals surface area contributed by atoms with Gasteiger partial charge in [0.2, 0.25) is 0 Å². The average Bonchev–Trinajstić information content (AvgIpc) is 1.98. The molecule has 0 aromatic rings. The highest BCUT2D eigenvalue weighted by atomic mass is 19.1. The lowest BCUT2D eigenvalue weighted by molar-refractivity contribution is 0.156. The Kier molecular flexibility index (Phi) is 6.86. The molecule has 0 spiro atoms. The first kappa shape index (κ1) is 9.85. The molecular weight excluding hydrogens is 135 g/mol. The molecule has 0 aliphatic carbocycles. The van der Waals surface area contributed by atoms with Crippen LogP contribution in [0.15, 0.2) is 0 Å². The van der Waals surface area contributed by atoms with Crippen molar-refractivity contribution in [3.63, 3.8) is 0 Å². The van der Waals surface area contributed by atoms with Crippen LogP contribution in [0.2, 0.25) is 0 Å². The summed E-state index contributed by atoms with van der Waals surface area (Å²) in [4.78, 5) is 0. The van der Waals surface area contributed by atoms with Gasteiger partial charge in [0.05, 0.1) is 6.61 Å². The summed E-state index contributed by atoms with van der Waals surface area (Å²) in [7, 11) is 1.62. The van der Waals surface area contributed by atoms with E-state index >= 15 is 0 Å². The van der Waals surface area contributed by atoms with Crippen molar-refractivity contribution >= 4 is 0 Å². The molecule has 0 aromatic carbocycles. The Hall–Kier alpha value is -0.150. The van der Waals surface area contributed by atoms with Gasteiger partial charge in [-0.05, 0) is 19.3 Å². The van der Waals surface area contributed by atoms with E-state index in [4.69, 9.17) is 9.84 Å². The van der Waals surface area contributed by atoms with Crippen LogP contribution in [0.3, 0.4) is 0 Å². The summed E-state index contributed by atoms with van der Waals surface area (Å²) >= 11 is 0. The van der Waals surface area contributed by atoms with E-state index in [1.54, 1.807) is 7.11 Å². The molecule has 1 atom stereocenters. The Labute approximate surface area is 61.0 Å². The topological polar surface area (TPSA) is 29.5 Å². The molecule has 0 saturated heterocycles. The van der Waals surface area contributed by atoms with Crippen molar-refractivity contribution in [2.75, 3.05) is 20.3 Å². The van der Waals surface area contributed by atoms with Crippen LogP contribution in [0, 0.1) is 0 Å². The van der Waals surface area contributed by atoms with Gasteiger partial charge in [-0.15, -0.1) is 0 Å². The van der Waals surface area contributed by atoms with E-state index in [9.17, 15) is 4.39 Å². The second kappa shape index (κ2) is 6.96. The molecule has 0 amide bonds. The molecule has 0 aliphatic rings. The predicted molar refractivity (Wildman–Crippen MR) is 37.7 cm³/mol. The molecule has 0 fully saturated rings. The molecule has 10 heavy (non-hydrogen) atoms. The SMILES string of the molecule is COCCCCC(F)CO. The van der Waals surface area contributed by atoms with Gasteiger partial charge < -0.3 is 9.84 Å². The third-order valence-electron chi connectivity index (χ3n) is 1.31. The van der Waals surface area contributed by atoms with Crippen molar-refractivity contribution in [2.45, 2.75) is 25.4 Å². The summed E-state index contributed by atoms with van der Waals surface area (Å²) in [6.45, 7) is 0.325. The van der Waals surface area contributed by atoms with Crippen LogP contribution in [0.1, 0.15) is 19.3 Å². The molecule has 0 radical (unpaired) electrons. The van der Waals surface area contributed by atoms with E-state index in [1.165, 1.54) is 0 Å². The molecule has 0 aliphatic heterocycles. The van der Waals surface area contributed by atoms with E-state index in [0.717, 1.165) is 12.8 Å². The van der Waals surface area contributed by atoms with Gasteiger partial charge in [-0.3, -0.25) is 0 Å². The molecule has 62 valence electrons. The monoisotopic (exact) mass is 150 g/mol. The van der Waals surface area contributed by atoms with Gasteiger partial charge in [0.1, 0.15) is 6.17 Å². The Balaban J connectivity index is 2.89. The highest BCUT2D eigenvalue weighted by Crippen LogP contribution is 2.03. The van der Waals surface area contributed by atoms with Crippen LogP contribution in [-0.2, 0) is 4.74 Å². The van der Waals surface area contributed by atoms with Gasteiger partial charge in [-0.25, -0.2) is 4.39 Å². The first-order chi connectivity index (χ1) is 4.81. The molecular formula is C7H15FO2. The second-order valence-corrected chi connectivity index (χ2v) is 2.27. The summed E-state index contributed by atoms with van der Waals surface area (Å²) < 4.78 is 17.0. The molecule has 3 heteroatoms. The zero-order valence-corrected chi connectivity index (χ0v) is 6.35. The van der Waals surface area contributed by atoms with E-state index in [-0.39, 0.29) is 6.61 Å². The van der Waals surface area contributed by atoms with Crippen molar-refractivity contribution in [2.24, 2.45) is 0 Å². The lowest BCUT2D eigenvalue weighted by Gasteiger charge is -2.02. The molecule has 0 heterocycles. The molecule has 2 nitrogen and oxygen atoms in total. The number of hydrogen-bond donors (Lipinski definition) is 1. The highest BCUT2D eigenvalue weighted by Gasteiger charge is 2.02. The molecule has 0 aromatic heterocycles. The van der Waals surface area contributed by atoms with Gasteiger partial charge in [0.25, 0.3) is 0 Å². The van der Waals surface area contributed by atoms with Crippen molar-refractivity contribution in [1.29, 1.82) is 0 Å². The minimum absolute atomic E-state index is 0.354. The smallest absolute Gasteiger partial charge is 0.123 e. The summed E-state index contributed by atoms with van der Waals surface area (Å²) in [6.07, 6.45) is 1.06. The van der Waals surface area contributed by atoms with Crippen LogP contribution < -0.4 is 0 Å². The van der Waals surface area contributed by atoms with Gasteiger partial charge in [0.15, 0.2) is 0 Å². The number of aliphatic hydroxyl groups is 1. The van der Waals surface area contributed by atoms with Gasteiger partial charge >= 0.3 is 0 Å². The van der Waals surface area contributed by atoms with E-state index in [1.807, 2.05) is 0 Å². The maximum atomic E-state index is 12.3. The number of methoxy groups -OCH3 is 1. The van der Waals surface area contributed by atoms with E-state index in [0.29, 0.717) is 13.0 Å². The first-order valence-corrected chi connectivity index (χ1v) is 3.55. The Morgan fingerprint density at radius 3 is 2.70 bits per heavy atom. The van der Waals surface area contributed by atoms with Crippen molar-refractivity contribution < 1.29 is 14.2 Å². The maximum absolute atomic E-state index is 12.3. The Bertz CT molecular complexity index is 68.6. The maximum Gasteiger partial charge on any atom is 0.123 e. The lowest BCUT2D eigenvalue weighted by atomic mass is 10.2. The number of rotatable bonds is 6. The molecule has 0 rings (SSSR count). The van der Waals surface area contributed by atoms with Crippen LogP contribution in [-0.4, -0.2) is 31.6 Å². The molecule has 0 saturated carbocycles. The van der Waals surface area contributed by atoms with Gasteiger partial charge in [0, 0.05) is 13.7 Å². The molecule has 0 bridgehead atoms. The van der Waals surface area contributed by atoms with Crippen molar-refractivity contribution in [1.82, 2.24) is 0 Å². The minimum atomic E-state index is -1.04. The fraction of sp³-hybridized carbons (Fsp3) is 1.00. The number of hydrogen-bond acceptors (Lipinski definition) is 2. The van der Waals surface area contributed by atoms with Crippen molar-refractivity contribution in [3.8, 4) is 0 Å². The number of ether oxygens (including phenoxy) is 1. The predicted octanol–water partition coefficient (Wildman–Crippen LogP) is 1.13. The fourth-order valence-corrected chi connectivity index (χ4v) is 0.704. The van der Waals surface area contributed by atoms with Crippen LogP contribution in [0.25, 0.3) is 0 Å². The zero-order valence-electron chi connectivity index (χ0n) is 6.35. The lowest BCUT2D eigenvalue weighted by Crippen LogP contribution is -2.05. The summed E-state index contributed by atoms with van der Waals surface area (Å²) in [5.41, 5.74) is 0. The number of halogens is 1. The Morgan fingerprint density at radius 1 is 1.50 bits per heavy atom. The van der Waals surface area contributed by atoms with E-state index < -0.39 is 6.17 Å². The third-order valence-corrected chi connectivity index (χ3v) is 1.31. The largest absolute Gasteiger partial charge is 0.393 e. The third kappa shape index (κ3) is 5.98. The number of alkyl halides is 1. The second-order valence-electron chi connectivity index (χ2n) is 2.27. The number of aliphatic hydroxyl groups excluding tert-OH is 1. The Morgan fingerprint density at radius 2 is 2.20 bits per heavy atom. The molecule has 1 N–H and O–H groups in total. The normalized spacial score (nSPS) is 13.5. The minimum Gasteiger partial charge on any atom is -0.393 e. The van der Waals surface area contributed by atoms with Crippen LogP contribution in [0.5, 0.6) is 0 Å². The summed E-state index contributed by atoms with van der Waals surface area (Å²) in [5, 5.41) is 8.29. The van der Waals surface area contributed by atoms with Crippen LogP contribution in [0.4, 0.5) is 4.39 Å². The van der Waals surface area contributed by atoms with Crippen molar-refractivity contribution in [3.05, 3.63) is 0 Å². The first-order valence-electron chi connectivity index (χ1n) is 3.55. The fourth-order valence-electron chi connectivity index (χ4n) is 0.704. The zero-order chi connectivity index (χ0) is 7.82. The van der Waals surface area contributed by atoms with Crippen LogP contribution >= 0.6 is 0 Å². The van der Waals surface area contributed by atoms with E-state index in [2.05, 4.69) is 0 Å². The van der Waals surface area contributed by atoms with Gasteiger partial charge in [-0.1, -0.05) is 0 Å².